The van der Waals surface area contributed by atoms with Gasteiger partial charge in [0.1, 0.15) is 17.4 Å². The zero-order valence-electron chi connectivity index (χ0n) is 22.7. The van der Waals surface area contributed by atoms with Gasteiger partial charge in [-0.15, -0.1) is 0 Å². The van der Waals surface area contributed by atoms with E-state index >= 15 is 0 Å². The van der Waals surface area contributed by atoms with Crippen LogP contribution in [0.3, 0.4) is 0 Å². The van der Waals surface area contributed by atoms with E-state index in [1.165, 1.54) is 30.3 Å². The number of sulfone groups is 1. The maximum absolute atomic E-state index is 13.7. The van der Waals surface area contributed by atoms with Gasteiger partial charge in [0, 0.05) is 19.2 Å². The molecule has 4 aromatic rings. The molecule has 0 aliphatic heterocycles. The fourth-order valence-electron chi connectivity index (χ4n) is 4.42. The molecule has 0 bridgehead atoms. The van der Waals surface area contributed by atoms with Gasteiger partial charge in [-0.25, -0.2) is 33.3 Å². The zero-order valence-corrected chi connectivity index (χ0v) is 23.5. The summed E-state index contributed by atoms with van der Waals surface area (Å²) < 4.78 is 36.5. The predicted molar refractivity (Wildman–Crippen MR) is 147 cm³/mol. The minimum Gasteiger partial charge on any atom is -0.480 e. The molecule has 210 valence electrons. The molecular formula is C26H30N8O5S. The minimum absolute atomic E-state index is 0.0117. The summed E-state index contributed by atoms with van der Waals surface area (Å²) in [6.07, 6.45) is 6.37. The third kappa shape index (κ3) is 5.36. The highest BCUT2D eigenvalue weighted by Gasteiger charge is 2.31. The number of anilines is 1. The Hall–Kier alpha value is -4.04. The highest BCUT2D eigenvalue weighted by molar-refractivity contribution is 7.91. The lowest BCUT2D eigenvalue weighted by atomic mass is 10.1. The fraction of sp³-hybridized carbons (Fsp3) is 0.423. The van der Waals surface area contributed by atoms with E-state index in [2.05, 4.69) is 30.2 Å². The average Bonchev–Trinajstić information content (AvgIpc) is 3.81. The van der Waals surface area contributed by atoms with Gasteiger partial charge in [-0.05, 0) is 31.9 Å². The van der Waals surface area contributed by atoms with Crippen LogP contribution in [-0.4, -0.2) is 69.5 Å². The normalized spacial score (nSPS) is 14.3. The number of aromatic nitrogens is 7. The second-order valence-electron chi connectivity index (χ2n) is 9.50. The average molecular weight is 567 g/mol. The van der Waals surface area contributed by atoms with Gasteiger partial charge in [0.2, 0.25) is 5.88 Å². The molecule has 5 rings (SSSR count). The Morgan fingerprint density at radius 1 is 1.10 bits per heavy atom. The maximum atomic E-state index is 13.7. The van der Waals surface area contributed by atoms with Gasteiger partial charge in [-0.1, -0.05) is 6.92 Å². The zero-order chi connectivity index (χ0) is 28.4. The summed E-state index contributed by atoms with van der Waals surface area (Å²) in [5, 5.41) is 3.04. The first-order valence-electron chi connectivity index (χ1n) is 12.9. The Balaban J connectivity index is 1.55. The van der Waals surface area contributed by atoms with E-state index in [1.54, 1.807) is 26.3 Å². The molecule has 1 aliphatic carbocycles. The topological polar surface area (TPSA) is 164 Å². The fourth-order valence-corrected chi connectivity index (χ4v) is 5.24. The van der Waals surface area contributed by atoms with Crippen LogP contribution in [0.25, 0.3) is 22.6 Å². The van der Waals surface area contributed by atoms with Gasteiger partial charge >= 0.3 is 0 Å². The molecule has 1 saturated carbocycles. The summed E-state index contributed by atoms with van der Waals surface area (Å²) in [7, 11) is -0.261. The molecule has 0 spiro atoms. The standard InChI is InChI=1S/C26H30N8O5S/c1-5-40(36,37)18-9-8-17(27-11-18)10-28-23-26(35)34(15(2)13-38-3)24-19(32-23)12-29-22(33-24)20-21(16-6-7-16)30-14-31-25(20)39-4/h8-9,11-12,14-16H,5-7,10,13H2,1-4H3,(H,28,32)/t15-/m1/s1. The van der Waals surface area contributed by atoms with Crippen LogP contribution in [0.15, 0.2) is 40.5 Å². The minimum atomic E-state index is -3.36. The van der Waals surface area contributed by atoms with Crippen LogP contribution in [0.5, 0.6) is 5.88 Å². The van der Waals surface area contributed by atoms with E-state index in [-0.39, 0.29) is 41.6 Å². The third-order valence-corrected chi connectivity index (χ3v) is 8.40. The van der Waals surface area contributed by atoms with Gasteiger partial charge in [0.25, 0.3) is 5.56 Å². The molecule has 13 nitrogen and oxygen atoms in total. The molecule has 1 aliphatic rings. The summed E-state index contributed by atoms with van der Waals surface area (Å²) in [5.74, 6) is 1.07. The number of nitrogens with one attached hydrogen (secondary N) is 1. The second-order valence-corrected chi connectivity index (χ2v) is 11.8. The van der Waals surface area contributed by atoms with E-state index < -0.39 is 15.4 Å². The van der Waals surface area contributed by atoms with Crippen molar-refractivity contribution in [1.82, 2.24) is 34.5 Å². The van der Waals surface area contributed by atoms with Gasteiger partial charge < -0.3 is 14.8 Å². The van der Waals surface area contributed by atoms with E-state index in [4.69, 9.17) is 14.5 Å². The highest BCUT2D eigenvalue weighted by atomic mass is 32.2. The van der Waals surface area contributed by atoms with E-state index in [0.29, 0.717) is 34.1 Å². The number of ether oxygens (including phenoxy) is 2. The van der Waals surface area contributed by atoms with Crippen LogP contribution >= 0.6 is 0 Å². The van der Waals surface area contributed by atoms with Crippen molar-refractivity contribution < 1.29 is 17.9 Å². The number of fused-ring (bicyclic) bond motifs is 1. The van der Waals surface area contributed by atoms with Crippen LogP contribution < -0.4 is 15.6 Å². The molecule has 0 radical (unpaired) electrons. The Labute approximate surface area is 231 Å². The number of hydrogen-bond acceptors (Lipinski definition) is 12. The van der Waals surface area contributed by atoms with Crippen molar-refractivity contribution in [1.29, 1.82) is 0 Å². The molecule has 4 aromatic heterocycles. The Morgan fingerprint density at radius 3 is 2.55 bits per heavy atom. The third-order valence-electron chi connectivity index (χ3n) is 6.68. The molecule has 1 atom stereocenters. The first-order valence-corrected chi connectivity index (χ1v) is 14.5. The first-order chi connectivity index (χ1) is 19.3. The summed E-state index contributed by atoms with van der Waals surface area (Å²) in [6, 6.07) is 2.73. The quantitative estimate of drug-likeness (QED) is 0.282. The van der Waals surface area contributed by atoms with Crippen LogP contribution in [0.2, 0.25) is 0 Å². The van der Waals surface area contributed by atoms with Gasteiger partial charge in [-0.3, -0.25) is 14.3 Å². The Bertz CT molecular complexity index is 1710. The lowest BCUT2D eigenvalue weighted by molar-refractivity contribution is 0.162. The molecule has 1 N–H and O–H groups in total. The van der Waals surface area contributed by atoms with Crippen molar-refractivity contribution in [2.24, 2.45) is 0 Å². The monoisotopic (exact) mass is 566 g/mol. The highest BCUT2D eigenvalue weighted by Crippen LogP contribution is 2.44. The summed E-state index contributed by atoms with van der Waals surface area (Å²) >= 11 is 0. The number of nitrogens with zero attached hydrogens (tertiary/aromatic N) is 7. The molecule has 0 amide bonds. The maximum Gasteiger partial charge on any atom is 0.295 e. The van der Waals surface area contributed by atoms with Gasteiger partial charge in [0.15, 0.2) is 27.1 Å². The lowest BCUT2D eigenvalue weighted by Gasteiger charge is -2.18. The SMILES string of the molecule is CCS(=O)(=O)c1ccc(CNc2nc3cnc(-c4c(OC)ncnc4C4CC4)nc3n([C@H](C)COC)c2=O)nc1. The molecule has 1 fully saturated rings. The van der Waals surface area contributed by atoms with Crippen LogP contribution in [0, 0.1) is 0 Å². The molecule has 40 heavy (non-hydrogen) atoms. The molecular weight excluding hydrogens is 536 g/mol. The Morgan fingerprint density at radius 2 is 1.90 bits per heavy atom. The van der Waals surface area contributed by atoms with E-state index in [1.807, 2.05) is 6.92 Å². The van der Waals surface area contributed by atoms with Gasteiger partial charge in [0.05, 0.1) is 54.5 Å². The van der Waals surface area contributed by atoms with Crippen molar-refractivity contribution in [3.8, 4) is 17.3 Å². The van der Waals surface area contributed by atoms with Crippen molar-refractivity contribution in [3.63, 3.8) is 0 Å². The predicted octanol–water partition coefficient (Wildman–Crippen LogP) is 2.54. The van der Waals surface area contributed by atoms with Crippen molar-refractivity contribution in [2.45, 2.75) is 50.1 Å². The molecule has 0 unspecified atom stereocenters. The first kappa shape index (κ1) is 27.5. The van der Waals surface area contributed by atoms with Crippen LogP contribution in [0.4, 0.5) is 5.82 Å². The van der Waals surface area contributed by atoms with Crippen molar-refractivity contribution >= 4 is 26.8 Å². The number of methoxy groups -OCH3 is 2. The Kier molecular flexibility index (Phi) is 7.72. The number of rotatable bonds is 11. The largest absolute Gasteiger partial charge is 0.480 e. The van der Waals surface area contributed by atoms with Gasteiger partial charge in [-0.2, -0.15) is 0 Å². The van der Waals surface area contributed by atoms with Crippen LogP contribution in [0.1, 0.15) is 50.0 Å². The molecule has 0 saturated heterocycles. The van der Waals surface area contributed by atoms with E-state index in [0.717, 1.165) is 18.5 Å². The van der Waals surface area contributed by atoms with E-state index in [9.17, 15) is 13.2 Å². The summed E-state index contributed by atoms with van der Waals surface area (Å²) in [6.45, 7) is 3.85. The molecule has 0 aromatic carbocycles. The summed E-state index contributed by atoms with van der Waals surface area (Å²) in [4.78, 5) is 40.6. The number of hydrogen-bond donors (Lipinski definition) is 1. The number of pyridine rings is 1. The second kappa shape index (κ2) is 11.2. The molecule has 14 heteroatoms. The summed E-state index contributed by atoms with van der Waals surface area (Å²) in [5.41, 5.74) is 2.31. The van der Waals surface area contributed by atoms with Crippen molar-refractivity contribution in [2.75, 3.05) is 31.9 Å². The lowest BCUT2D eigenvalue weighted by Crippen LogP contribution is -2.30. The molecule has 4 heterocycles. The van der Waals surface area contributed by atoms with Crippen molar-refractivity contribution in [3.05, 3.63) is 52.6 Å². The van der Waals surface area contributed by atoms with Crippen LogP contribution in [-0.2, 0) is 21.1 Å². The smallest absolute Gasteiger partial charge is 0.295 e.